The summed E-state index contributed by atoms with van der Waals surface area (Å²) in [7, 11) is 1.90. The van der Waals surface area contributed by atoms with Gasteiger partial charge in [0.05, 0.1) is 13.2 Å². The number of anilines is 1. The summed E-state index contributed by atoms with van der Waals surface area (Å²) in [5.41, 5.74) is 0.831. The summed E-state index contributed by atoms with van der Waals surface area (Å²) >= 11 is 0. The van der Waals surface area contributed by atoms with Crippen LogP contribution in [0.3, 0.4) is 0 Å². The Morgan fingerprint density at radius 2 is 1.93 bits per heavy atom. The minimum Gasteiger partial charge on any atom is -0.508 e. The summed E-state index contributed by atoms with van der Waals surface area (Å²) in [6.07, 6.45) is 0. The number of carbonyl (C=O) groups is 1. The third-order valence-electron chi connectivity index (χ3n) is 2.25. The Kier molecular flexibility index (Phi) is 2.13. The van der Waals surface area contributed by atoms with Crippen LogP contribution in [0.5, 0.6) is 5.75 Å². The molecular formula is C10H12N2O2. The maximum atomic E-state index is 11.5. The summed E-state index contributed by atoms with van der Waals surface area (Å²) in [6, 6.07) is 6.65. The predicted octanol–water partition coefficient (Wildman–Crippen LogP) is 0.628. The lowest BCUT2D eigenvalue weighted by Gasteiger charge is -2.15. The molecule has 0 saturated carbocycles. The SMILES string of the molecule is CN1CC(=O)N(c2ccc(O)cc2)C1. The minimum atomic E-state index is 0.0955. The van der Waals surface area contributed by atoms with Crippen LogP contribution in [0.2, 0.25) is 0 Å². The molecule has 4 nitrogen and oxygen atoms in total. The van der Waals surface area contributed by atoms with Crippen molar-refractivity contribution in [3.8, 4) is 5.75 Å². The molecule has 4 heteroatoms. The average Bonchev–Trinajstić information content (AvgIpc) is 2.47. The lowest BCUT2D eigenvalue weighted by atomic mass is 10.3. The second kappa shape index (κ2) is 3.31. The zero-order chi connectivity index (χ0) is 10.1. The van der Waals surface area contributed by atoms with Crippen molar-refractivity contribution >= 4 is 11.6 Å². The number of amides is 1. The zero-order valence-electron chi connectivity index (χ0n) is 7.97. The molecule has 1 amide bonds. The second-order valence-electron chi connectivity index (χ2n) is 3.49. The molecule has 0 aliphatic carbocycles. The van der Waals surface area contributed by atoms with Gasteiger partial charge in [0.1, 0.15) is 5.75 Å². The van der Waals surface area contributed by atoms with Crippen molar-refractivity contribution < 1.29 is 9.90 Å². The van der Waals surface area contributed by atoms with Crippen LogP contribution in [-0.2, 0) is 4.79 Å². The minimum absolute atomic E-state index is 0.0955. The highest BCUT2D eigenvalue weighted by Crippen LogP contribution is 2.21. The van der Waals surface area contributed by atoms with Crippen LogP contribution < -0.4 is 4.90 Å². The molecule has 74 valence electrons. The highest BCUT2D eigenvalue weighted by atomic mass is 16.3. The maximum Gasteiger partial charge on any atom is 0.242 e. The van der Waals surface area contributed by atoms with Crippen LogP contribution in [0.15, 0.2) is 24.3 Å². The molecule has 1 fully saturated rings. The topological polar surface area (TPSA) is 43.8 Å². The predicted molar refractivity (Wildman–Crippen MR) is 53.1 cm³/mol. The fraction of sp³-hybridized carbons (Fsp3) is 0.300. The first-order valence-electron chi connectivity index (χ1n) is 4.45. The van der Waals surface area contributed by atoms with Gasteiger partial charge >= 0.3 is 0 Å². The number of rotatable bonds is 1. The van der Waals surface area contributed by atoms with E-state index in [1.165, 1.54) is 0 Å². The fourth-order valence-electron chi connectivity index (χ4n) is 1.54. The van der Waals surface area contributed by atoms with Crippen molar-refractivity contribution in [3.63, 3.8) is 0 Å². The molecule has 1 saturated heterocycles. The molecule has 1 aliphatic heterocycles. The molecule has 0 unspecified atom stereocenters. The number of nitrogens with zero attached hydrogens (tertiary/aromatic N) is 2. The van der Waals surface area contributed by atoms with Gasteiger partial charge in [-0.25, -0.2) is 0 Å². The molecule has 0 radical (unpaired) electrons. The molecule has 0 aromatic heterocycles. The van der Waals surface area contributed by atoms with Crippen LogP contribution in [0, 0.1) is 0 Å². The normalized spacial score (nSPS) is 17.8. The lowest BCUT2D eigenvalue weighted by Crippen LogP contribution is -2.25. The highest BCUT2D eigenvalue weighted by Gasteiger charge is 2.25. The quantitative estimate of drug-likeness (QED) is 0.709. The molecule has 1 aliphatic rings. The van der Waals surface area contributed by atoms with Gasteiger partial charge < -0.3 is 5.11 Å². The molecule has 0 spiro atoms. The molecule has 0 atom stereocenters. The van der Waals surface area contributed by atoms with Gasteiger partial charge in [0, 0.05) is 5.69 Å². The summed E-state index contributed by atoms with van der Waals surface area (Å²) < 4.78 is 0. The first-order chi connectivity index (χ1) is 6.66. The van der Waals surface area contributed by atoms with Crippen LogP contribution in [0.1, 0.15) is 0 Å². The van der Waals surface area contributed by atoms with Gasteiger partial charge in [-0.15, -0.1) is 0 Å². The molecule has 1 aromatic rings. The van der Waals surface area contributed by atoms with Crippen molar-refractivity contribution in [3.05, 3.63) is 24.3 Å². The van der Waals surface area contributed by atoms with E-state index in [-0.39, 0.29) is 11.7 Å². The standard InChI is InChI=1S/C10H12N2O2/c1-11-6-10(14)12(7-11)8-2-4-9(13)5-3-8/h2-5,13H,6-7H2,1H3. The molecule has 0 bridgehead atoms. The van der Waals surface area contributed by atoms with Gasteiger partial charge in [0.25, 0.3) is 0 Å². The molecule has 2 rings (SSSR count). The van der Waals surface area contributed by atoms with Crippen molar-refractivity contribution in [2.24, 2.45) is 0 Å². The van der Waals surface area contributed by atoms with E-state index in [1.54, 1.807) is 29.2 Å². The van der Waals surface area contributed by atoms with Gasteiger partial charge in [0.2, 0.25) is 5.91 Å². The van der Waals surface area contributed by atoms with E-state index in [2.05, 4.69) is 0 Å². The third kappa shape index (κ3) is 1.56. The van der Waals surface area contributed by atoms with Crippen LogP contribution in [0.4, 0.5) is 5.69 Å². The number of benzene rings is 1. The van der Waals surface area contributed by atoms with E-state index < -0.39 is 0 Å². The Balaban J connectivity index is 2.23. The number of aromatic hydroxyl groups is 1. The van der Waals surface area contributed by atoms with Crippen LogP contribution in [0.25, 0.3) is 0 Å². The number of phenols is 1. The van der Waals surface area contributed by atoms with Crippen LogP contribution >= 0.6 is 0 Å². The first kappa shape index (κ1) is 9.02. The Morgan fingerprint density at radius 3 is 2.43 bits per heavy atom. The smallest absolute Gasteiger partial charge is 0.242 e. The van der Waals surface area contributed by atoms with E-state index in [4.69, 9.17) is 5.11 Å². The number of likely N-dealkylation sites (N-methyl/N-ethyl adjacent to an activating group) is 1. The van der Waals surface area contributed by atoms with Gasteiger partial charge in [-0.05, 0) is 31.3 Å². The molecular weight excluding hydrogens is 180 g/mol. The Bertz CT molecular complexity index is 348. The van der Waals surface area contributed by atoms with E-state index in [9.17, 15) is 4.79 Å². The van der Waals surface area contributed by atoms with Gasteiger partial charge in [-0.2, -0.15) is 0 Å². The second-order valence-corrected chi connectivity index (χ2v) is 3.49. The summed E-state index contributed by atoms with van der Waals surface area (Å²) in [4.78, 5) is 15.1. The highest BCUT2D eigenvalue weighted by molar-refractivity contribution is 5.96. The third-order valence-corrected chi connectivity index (χ3v) is 2.25. The molecule has 1 heterocycles. The van der Waals surface area contributed by atoms with Crippen molar-refractivity contribution in [2.45, 2.75) is 0 Å². The summed E-state index contributed by atoms with van der Waals surface area (Å²) in [5, 5.41) is 9.10. The largest absolute Gasteiger partial charge is 0.508 e. The summed E-state index contributed by atoms with van der Waals surface area (Å²) in [6.45, 7) is 1.07. The number of phenolic OH excluding ortho intramolecular Hbond substituents is 1. The van der Waals surface area contributed by atoms with Crippen LogP contribution in [-0.4, -0.2) is 36.2 Å². The van der Waals surface area contributed by atoms with Gasteiger partial charge in [-0.1, -0.05) is 0 Å². The fourth-order valence-corrected chi connectivity index (χ4v) is 1.54. The van der Waals surface area contributed by atoms with Crippen molar-refractivity contribution in [1.29, 1.82) is 0 Å². The van der Waals surface area contributed by atoms with E-state index in [0.29, 0.717) is 13.2 Å². The van der Waals surface area contributed by atoms with Gasteiger partial charge in [-0.3, -0.25) is 14.6 Å². The van der Waals surface area contributed by atoms with E-state index >= 15 is 0 Å². The Morgan fingerprint density at radius 1 is 1.29 bits per heavy atom. The number of hydrogen-bond acceptors (Lipinski definition) is 3. The molecule has 1 aromatic carbocycles. The monoisotopic (exact) mass is 192 g/mol. The Hall–Kier alpha value is -1.55. The molecule has 1 N–H and O–H groups in total. The maximum absolute atomic E-state index is 11.5. The van der Waals surface area contributed by atoms with Crippen molar-refractivity contribution in [1.82, 2.24) is 4.90 Å². The average molecular weight is 192 g/mol. The number of hydrogen-bond donors (Lipinski definition) is 1. The van der Waals surface area contributed by atoms with Crippen molar-refractivity contribution in [2.75, 3.05) is 25.2 Å². The summed E-state index contributed by atoms with van der Waals surface area (Å²) in [5.74, 6) is 0.312. The van der Waals surface area contributed by atoms with E-state index in [1.807, 2.05) is 11.9 Å². The zero-order valence-corrected chi connectivity index (χ0v) is 7.97. The molecule has 14 heavy (non-hydrogen) atoms. The lowest BCUT2D eigenvalue weighted by molar-refractivity contribution is -0.116. The number of carbonyl (C=O) groups excluding carboxylic acids is 1. The Labute approximate surface area is 82.4 Å². The van der Waals surface area contributed by atoms with Gasteiger partial charge in [0.15, 0.2) is 0 Å². The van der Waals surface area contributed by atoms with E-state index in [0.717, 1.165) is 5.69 Å². The first-order valence-corrected chi connectivity index (χ1v) is 4.45.